The molecule has 4 atom stereocenters. The first-order valence-electron chi connectivity index (χ1n) is 15.1. The molecule has 10 nitrogen and oxygen atoms in total. The molecule has 0 unspecified atom stereocenters. The highest BCUT2D eigenvalue weighted by atomic mass is 16.7. The van der Waals surface area contributed by atoms with Crippen LogP contribution in [0.4, 0.5) is 4.79 Å². The zero-order chi connectivity index (χ0) is 30.7. The molecule has 2 saturated heterocycles. The van der Waals surface area contributed by atoms with Crippen LogP contribution in [0.5, 0.6) is 0 Å². The van der Waals surface area contributed by atoms with Gasteiger partial charge in [-0.1, -0.05) is 78.9 Å². The number of aliphatic hydroxyl groups excluding tert-OH is 1. The normalized spacial score (nSPS) is 21.3. The van der Waals surface area contributed by atoms with Crippen LogP contribution in [-0.4, -0.2) is 74.1 Å². The number of aliphatic hydroxyl groups is 1. The van der Waals surface area contributed by atoms with Gasteiger partial charge >= 0.3 is 12.0 Å². The molecule has 0 radical (unpaired) electrons. The largest absolute Gasteiger partial charge is 0.467 e. The van der Waals surface area contributed by atoms with Crippen LogP contribution in [0.15, 0.2) is 78.9 Å². The van der Waals surface area contributed by atoms with Crippen molar-refractivity contribution >= 4 is 12.0 Å². The van der Waals surface area contributed by atoms with Gasteiger partial charge in [0.25, 0.3) is 0 Å². The Labute approximate surface area is 258 Å². The van der Waals surface area contributed by atoms with E-state index in [0.29, 0.717) is 6.42 Å². The van der Waals surface area contributed by atoms with Crippen molar-refractivity contribution < 1.29 is 33.6 Å². The third-order valence-corrected chi connectivity index (χ3v) is 7.96. The number of nitrogens with one attached hydrogen (secondary N) is 2. The van der Waals surface area contributed by atoms with Crippen molar-refractivity contribution in [3.63, 3.8) is 0 Å². The molecule has 44 heavy (non-hydrogen) atoms. The quantitative estimate of drug-likeness (QED) is 0.285. The minimum absolute atomic E-state index is 0.000387. The van der Waals surface area contributed by atoms with Gasteiger partial charge in [-0.2, -0.15) is 0 Å². The maximum Gasteiger partial charge on any atom is 0.328 e. The lowest BCUT2D eigenvalue weighted by Crippen LogP contribution is -2.47. The van der Waals surface area contributed by atoms with Gasteiger partial charge in [0, 0.05) is 44.6 Å². The summed E-state index contributed by atoms with van der Waals surface area (Å²) >= 11 is 0. The predicted molar refractivity (Wildman–Crippen MR) is 163 cm³/mol. The lowest BCUT2D eigenvalue weighted by atomic mass is 9.99. The molecule has 2 aliphatic rings. The number of carbonyl (C=O) groups excluding carboxylic acids is 2. The van der Waals surface area contributed by atoms with Gasteiger partial charge in [-0.15, -0.1) is 0 Å². The van der Waals surface area contributed by atoms with Crippen LogP contribution in [-0.2, 0) is 43.3 Å². The smallest absolute Gasteiger partial charge is 0.328 e. The maximum absolute atomic E-state index is 12.7. The van der Waals surface area contributed by atoms with Crippen LogP contribution in [0.3, 0.4) is 0 Å². The van der Waals surface area contributed by atoms with Gasteiger partial charge in [0.1, 0.15) is 6.04 Å². The van der Waals surface area contributed by atoms with E-state index in [1.54, 1.807) is 0 Å². The summed E-state index contributed by atoms with van der Waals surface area (Å²) in [5, 5.41) is 15.0. The van der Waals surface area contributed by atoms with Crippen molar-refractivity contribution in [2.24, 2.45) is 0 Å². The van der Waals surface area contributed by atoms with Gasteiger partial charge in [-0.25, -0.2) is 9.59 Å². The molecule has 3 aromatic rings. The van der Waals surface area contributed by atoms with E-state index in [2.05, 4.69) is 15.5 Å². The van der Waals surface area contributed by atoms with E-state index in [1.807, 2.05) is 78.9 Å². The topological polar surface area (TPSA) is 119 Å². The molecule has 0 spiro atoms. The van der Waals surface area contributed by atoms with E-state index in [0.717, 1.165) is 67.1 Å². The van der Waals surface area contributed by atoms with Crippen LogP contribution in [0, 0.1) is 0 Å². The molecular weight excluding hydrogens is 562 g/mol. The zero-order valence-corrected chi connectivity index (χ0v) is 25.0. The average Bonchev–Trinajstić information content (AvgIpc) is 3.07. The van der Waals surface area contributed by atoms with Crippen LogP contribution in [0.25, 0.3) is 0 Å². The van der Waals surface area contributed by atoms with Crippen molar-refractivity contribution in [1.29, 1.82) is 0 Å². The highest BCUT2D eigenvalue weighted by Crippen LogP contribution is 2.38. The Bertz CT molecular complexity index is 1330. The molecule has 0 aromatic heterocycles. The van der Waals surface area contributed by atoms with Crippen molar-refractivity contribution in [1.82, 2.24) is 15.5 Å². The van der Waals surface area contributed by atoms with E-state index in [1.165, 1.54) is 7.11 Å². The first-order chi connectivity index (χ1) is 21.5. The lowest BCUT2D eigenvalue weighted by Gasteiger charge is -2.39. The number of hydrogen-bond acceptors (Lipinski definition) is 8. The lowest BCUT2D eigenvalue weighted by molar-refractivity contribution is -0.253. The summed E-state index contributed by atoms with van der Waals surface area (Å²) in [4.78, 5) is 27.3. The van der Waals surface area contributed by atoms with E-state index >= 15 is 0 Å². The van der Waals surface area contributed by atoms with E-state index in [-0.39, 0.29) is 25.4 Å². The summed E-state index contributed by atoms with van der Waals surface area (Å²) in [6, 6.07) is 23.8. The molecule has 2 aliphatic heterocycles. The second-order valence-electron chi connectivity index (χ2n) is 11.1. The number of morpholine rings is 1. The number of hydrogen-bond donors (Lipinski definition) is 3. The maximum atomic E-state index is 12.7. The van der Waals surface area contributed by atoms with Gasteiger partial charge in [0.15, 0.2) is 6.29 Å². The van der Waals surface area contributed by atoms with E-state index < -0.39 is 24.3 Å². The van der Waals surface area contributed by atoms with Gasteiger partial charge in [0.05, 0.1) is 39.1 Å². The summed E-state index contributed by atoms with van der Waals surface area (Å²) in [5.74, 6) is -0.504. The number of nitrogens with zero attached hydrogens (tertiary/aromatic N) is 1. The first-order valence-corrected chi connectivity index (χ1v) is 15.1. The molecule has 5 rings (SSSR count). The van der Waals surface area contributed by atoms with E-state index in [4.69, 9.17) is 18.9 Å². The number of amides is 2. The number of urea groups is 1. The summed E-state index contributed by atoms with van der Waals surface area (Å²) in [6.07, 6.45) is 0.312. The standard InChI is InChI=1S/C34H41N3O7/c1-41-32(39)30(19-24-5-3-2-4-6-24)36-34(40)35-21-25-7-13-28(14-8-25)33-43-29(22-37-15-17-42-18-16-37)20-31(44-33)27-11-9-26(23-38)10-12-27/h2-14,29-31,33,38H,15-23H2,1H3,(H2,35,36,40)/t29-,30+,31+,33+/m1/s1. The minimum atomic E-state index is -0.802. The van der Waals surface area contributed by atoms with Gasteiger partial charge in [-0.05, 0) is 22.3 Å². The zero-order valence-electron chi connectivity index (χ0n) is 25.0. The number of ether oxygens (including phenoxy) is 4. The highest BCUT2D eigenvalue weighted by molar-refractivity contribution is 5.83. The highest BCUT2D eigenvalue weighted by Gasteiger charge is 2.33. The van der Waals surface area contributed by atoms with Crippen LogP contribution in [0.2, 0.25) is 0 Å². The Kier molecular flexibility index (Phi) is 11.3. The van der Waals surface area contributed by atoms with E-state index in [9.17, 15) is 14.7 Å². The first kappa shape index (κ1) is 31.6. The van der Waals surface area contributed by atoms with Crippen LogP contribution < -0.4 is 10.6 Å². The number of esters is 1. The molecule has 10 heteroatoms. The molecule has 2 fully saturated rings. The summed E-state index contributed by atoms with van der Waals surface area (Å²) in [7, 11) is 1.31. The number of methoxy groups -OCH3 is 1. The fraction of sp³-hybridized carbons (Fsp3) is 0.412. The van der Waals surface area contributed by atoms with Gasteiger partial charge in [-0.3, -0.25) is 4.90 Å². The van der Waals surface area contributed by atoms with Gasteiger partial charge < -0.3 is 34.7 Å². The fourth-order valence-electron chi connectivity index (χ4n) is 5.47. The number of benzene rings is 3. The van der Waals surface area contributed by atoms with Crippen molar-refractivity contribution in [2.75, 3.05) is 40.0 Å². The number of carbonyl (C=O) groups is 2. The molecule has 2 amide bonds. The summed E-state index contributed by atoms with van der Waals surface area (Å²) in [5.41, 5.74) is 4.60. The third kappa shape index (κ3) is 8.87. The Morgan fingerprint density at radius 2 is 1.59 bits per heavy atom. The molecule has 0 saturated carbocycles. The summed E-state index contributed by atoms with van der Waals surface area (Å²) < 4.78 is 23.3. The molecule has 0 aliphatic carbocycles. The van der Waals surface area contributed by atoms with Crippen molar-refractivity contribution in [2.45, 2.75) is 50.5 Å². The Hall–Kier alpha value is -3.80. The fourth-order valence-corrected chi connectivity index (χ4v) is 5.47. The van der Waals surface area contributed by atoms with Crippen molar-refractivity contribution in [3.8, 4) is 0 Å². The second-order valence-corrected chi connectivity index (χ2v) is 11.1. The molecule has 0 bridgehead atoms. The second kappa shape index (κ2) is 15.8. The molecule has 3 N–H and O–H groups in total. The summed E-state index contributed by atoms with van der Waals surface area (Å²) in [6.45, 7) is 4.27. The number of rotatable bonds is 11. The van der Waals surface area contributed by atoms with Gasteiger partial charge in [0.2, 0.25) is 0 Å². The molecule has 234 valence electrons. The van der Waals surface area contributed by atoms with Crippen LogP contribution >= 0.6 is 0 Å². The Balaban J connectivity index is 1.20. The molecule has 3 aromatic carbocycles. The average molecular weight is 604 g/mol. The monoisotopic (exact) mass is 603 g/mol. The molecular formula is C34H41N3O7. The van der Waals surface area contributed by atoms with Crippen LogP contribution in [0.1, 0.15) is 46.6 Å². The molecule has 2 heterocycles. The SMILES string of the molecule is COC(=O)[C@H](Cc1ccccc1)NC(=O)NCc1ccc([C@H]2O[C@@H](CN3CCOCC3)C[C@@H](c3ccc(CO)cc3)O2)cc1. The third-order valence-electron chi connectivity index (χ3n) is 7.96. The Morgan fingerprint density at radius 3 is 2.27 bits per heavy atom. The Morgan fingerprint density at radius 1 is 0.909 bits per heavy atom. The minimum Gasteiger partial charge on any atom is -0.467 e. The van der Waals surface area contributed by atoms with Crippen molar-refractivity contribution in [3.05, 3.63) is 107 Å². The predicted octanol–water partition coefficient (Wildman–Crippen LogP) is 3.64.